The third kappa shape index (κ3) is 2.83. The maximum Gasteiger partial charge on any atom is 0.254 e. The van der Waals surface area contributed by atoms with E-state index in [9.17, 15) is 4.79 Å². The van der Waals surface area contributed by atoms with Crippen LogP contribution in [0, 0.1) is 11.3 Å². The Morgan fingerprint density at radius 3 is 2.35 bits per heavy atom. The largest absolute Gasteiger partial charge is 0.335 e. The van der Waals surface area contributed by atoms with Crippen LogP contribution in [0.5, 0.6) is 0 Å². The number of carbonyl (C=O) groups excluding carboxylic acids is 1. The maximum atomic E-state index is 12.4. The van der Waals surface area contributed by atoms with Crippen molar-refractivity contribution in [2.24, 2.45) is 0 Å². The highest BCUT2D eigenvalue weighted by atomic mass is 16.2. The highest BCUT2D eigenvalue weighted by Gasteiger charge is 2.18. The zero-order chi connectivity index (χ0) is 14.5. The molecule has 0 saturated heterocycles. The molecule has 0 radical (unpaired) electrons. The van der Waals surface area contributed by atoms with Gasteiger partial charge in [0.15, 0.2) is 0 Å². The molecular formula is C16H15N3O. The van der Waals surface area contributed by atoms with Crippen LogP contribution in [0.2, 0.25) is 0 Å². The lowest BCUT2D eigenvalue weighted by Crippen LogP contribution is -2.29. The number of nitriles is 1. The number of hydrogen-bond acceptors (Lipinski definition) is 3. The van der Waals surface area contributed by atoms with Crippen molar-refractivity contribution >= 4 is 5.91 Å². The van der Waals surface area contributed by atoms with Gasteiger partial charge in [0.25, 0.3) is 5.91 Å². The van der Waals surface area contributed by atoms with Crippen LogP contribution in [0.3, 0.4) is 0 Å². The second-order valence-electron chi connectivity index (χ2n) is 4.56. The first-order valence-corrected chi connectivity index (χ1v) is 6.30. The summed E-state index contributed by atoms with van der Waals surface area (Å²) in [4.78, 5) is 18.0. The highest BCUT2D eigenvalue weighted by molar-refractivity contribution is 5.94. The van der Waals surface area contributed by atoms with Crippen molar-refractivity contribution in [1.29, 1.82) is 5.26 Å². The van der Waals surface area contributed by atoms with E-state index in [1.807, 2.05) is 25.1 Å². The van der Waals surface area contributed by atoms with Gasteiger partial charge >= 0.3 is 0 Å². The number of carbonyl (C=O) groups is 1. The Morgan fingerprint density at radius 1 is 1.20 bits per heavy atom. The van der Waals surface area contributed by atoms with E-state index in [0.29, 0.717) is 11.1 Å². The number of hydrogen-bond donors (Lipinski definition) is 0. The van der Waals surface area contributed by atoms with Gasteiger partial charge in [-0.3, -0.25) is 9.78 Å². The number of amides is 1. The zero-order valence-electron chi connectivity index (χ0n) is 11.4. The standard InChI is InChI=1S/C16H15N3O/c1-12(14-7-9-18-10-8-14)19(2)16(20)15-5-3-13(11-17)4-6-15/h3-10,12H,1-2H3. The minimum absolute atomic E-state index is 0.0406. The van der Waals surface area contributed by atoms with Gasteiger partial charge in [-0.2, -0.15) is 5.26 Å². The quantitative estimate of drug-likeness (QED) is 0.857. The Hall–Kier alpha value is -2.67. The second kappa shape index (κ2) is 5.98. The molecule has 1 aromatic heterocycles. The summed E-state index contributed by atoms with van der Waals surface area (Å²) in [7, 11) is 1.77. The summed E-state index contributed by atoms with van der Waals surface area (Å²) >= 11 is 0. The van der Waals surface area contributed by atoms with Crippen LogP contribution >= 0.6 is 0 Å². The molecule has 2 aromatic rings. The summed E-state index contributed by atoms with van der Waals surface area (Å²) in [5.41, 5.74) is 2.16. The average Bonchev–Trinajstić information content (AvgIpc) is 2.53. The van der Waals surface area contributed by atoms with E-state index in [1.165, 1.54) is 0 Å². The summed E-state index contributed by atoms with van der Waals surface area (Å²) in [6.07, 6.45) is 3.43. The van der Waals surface area contributed by atoms with Crippen LogP contribution in [0.4, 0.5) is 0 Å². The third-order valence-corrected chi connectivity index (χ3v) is 3.35. The SMILES string of the molecule is CC(c1ccncc1)N(C)C(=O)c1ccc(C#N)cc1. The molecule has 100 valence electrons. The first-order chi connectivity index (χ1) is 9.63. The van der Waals surface area contributed by atoms with Crippen LogP contribution in [-0.4, -0.2) is 22.8 Å². The lowest BCUT2D eigenvalue weighted by molar-refractivity contribution is 0.0742. The molecule has 4 heteroatoms. The monoisotopic (exact) mass is 265 g/mol. The molecule has 0 aliphatic heterocycles. The molecular weight excluding hydrogens is 250 g/mol. The van der Waals surface area contributed by atoms with Gasteiger partial charge in [0.05, 0.1) is 17.7 Å². The Kier molecular flexibility index (Phi) is 4.11. The minimum Gasteiger partial charge on any atom is -0.335 e. The Bertz CT molecular complexity index is 629. The molecule has 2 rings (SSSR count). The molecule has 0 saturated carbocycles. The van der Waals surface area contributed by atoms with Crippen molar-refractivity contribution in [3.05, 3.63) is 65.5 Å². The second-order valence-corrected chi connectivity index (χ2v) is 4.56. The van der Waals surface area contributed by atoms with Gasteiger partial charge in [-0.25, -0.2) is 0 Å². The third-order valence-electron chi connectivity index (χ3n) is 3.35. The average molecular weight is 265 g/mol. The topological polar surface area (TPSA) is 57.0 Å². The number of pyridine rings is 1. The van der Waals surface area contributed by atoms with Crippen molar-refractivity contribution in [1.82, 2.24) is 9.88 Å². The number of benzene rings is 1. The zero-order valence-corrected chi connectivity index (χ0v) is 11.4. The van der Waals surface area contributed by atoms with E-state index in [0.717, 1.165) is 5.56 Å². The Balaban J connectivity index is 2.18. The Morgan fingerprint density at radius 2 is 1.80 bits per heavy atom. The molecule has 1 unspecified atom stereocenters. The summed E-state index contributed by atoms with van der Waals surface area (Å²) in [5.74, 6) is -0.0706. The van der Waals surface area contributed by atoms with Crippen LogP contribution in [0.1, 0.15) is 34.5 Å². The van der Waals surface area contributed by atoms with Gasteiger partial charge in [0.1, 0.15) is 0 Å². The predicted molar refractivity (Wildman–Crippen MR) is 75.9 cm³/mol. The molecule has 0 N–H and O–H groups in total. The molecule has 0 spiro atoms. The molecule has 1 aromatic carbocycles. The fourth-order valence-electron chi connectivity index (χ4n) is 1.93. The molecule has 0 fully saturated rings. The summed E-state index contributed by atoms with van der Waals surface area (Å²) in [6, 6.07) is 12.4. The molecule has 0 aliphatic carbocycles. The van der Waals surface area contributed by atoms with E-state index >= 15 is 0 Å². The van der Waals surface area contributed by atoms with Gasteiger partial charge in [-0.05, 0) is 48.9 Å². The van der Waals surface area contributed by atoms with E-state index in [4.69, 9.17) is 5.26 Å². The van der Waals surface area contributed by atoms with Gasteiger partial charge < -0.3 is 4.90 Å². The van der Waals surface area contributed by atoms with Gasteiger partial charge in [0.2, 0.25) is 0 Å². The van der Waals surface area contributed by atoms with E-state index in [2.05, 4.69) is 4.98 Å². The lowest BCUT2D eigenvalue weighted by Gasteiger charge is -2.25. The number of rotatable bonds is 3. The van der Waals surface area contributed by atoms with Gasteiger partial charge in [0, 0.05) is 25.0 Å². The minimum atomic E-state index is -0.0706. The number of nitrogens with zero attached hydrogens (tertiary/aromatic N) is 3. The van der Waals surface area contributed by atoms with Crippen molar-refractivity contribution in [3.8, 4) is 6.07 Å². The van der Waals surface area contributed by atoms with Crippen LogP contribution in [0.25, 0.3) is 0 Å². The predicted octanol–water partition coefficient (Wildman–Crippen LogP) is 2.79. The molecule has 4 nitrogen and oxygen atoms in total. The van der Waals surface area contributed by atoms with E-state index in [-0.39, 0.29) is 11.9 Å². The molecule has 0 bridgehead atoms. The van der Waals surface area contributed by atoms with Gasteiger partial charge in [-0.15, -0.1) is 0 Å². The van der Waals surface area contributed by atoms with E-state index in [1.54, 1.807) is 48.6 Å². The molecule has 20 heavy (non-hydrogen) atoms. The molecule has 0 aliphatic rings. The normalized spacial score (nSPS) is 11.4. The summed E-state index contributed by atoms with van der Waals surface area (Å²) < 4.78 is 0. The maximum absolute atomic E-state index is 12.4. The van der Waals surface area contributed by atoms with Crippen LogP contribution < -0.4 is 0 Å². The van der Waals surface area contributed by atoms with E-state index < -0.39 is 0 Å². The highest BCUT2D eigenvalue weighted by Crippen LogP contribution is 2.20. The van der Waals surface area contributed by atoms with Gasteiger partial charge in [-0.1, -0.05) is 0 Å². The first kappa shape index (κ1) is 13.8. The van der Waals surface area contributed by atoms with Crippen molar-refractivity contribution in [3.63, 3.8) is 0 Å². The van der Waals surface area contributed by atoms with Crippen molar-refractivity contribution in [2.75, 3.05) is 7.05 Å². The van der Waals surface area contributed by atoms with Crippen molar-refractivity contribution in [2.45, 2.75) is 13.0 Å². The fourth-order valence-corrected chi connectivity index (χ4v) is 1.93. The fraction of sp³-hybridized carbons (Fsp3) is 0.188. The summed E-state index contributed by atoms with van der Waals surface area (Å²) in [5, 5.41) is 8.76. The first-order valence-electron chi connectivity index (χ1n) is 6.30. The lowest BCUT2D eigenvalue weighted by atomic mass is 10.1. The molecule has 1 atom stereocenters. The summed E-state index contributed by atoms with van der Waals surface area (Å²) in [6.45, 7) is 1.97. The van der Waals surface area contributed by atoms with Crippen molar-refractivity contribution < 1.29 is 4.79 Å². The molecule has 1 amide bonds. The smallest absolute Gasteiger partial charge is 0.254 e. The van der Waals surface area contributed by atoms with Crippen LogP contribution in [-0.2, 0) is 0 Å². The number of aromatic nitrogens is 1. The van der Waals surface area contributed by atoms with Crippen LogP contribution in [0.15, 0.2) is 48.8 Å². The molecule has 1 heterocycles. The Labute approximate surface area is 118 Å².